The molecule has 0 spiro atoms. The van der Waals surface area contributed by atoms with Gasteiger partial charge < -0.3 is 10.0 Å². The first kappa shape index (κ1) is 15.3. The van der Waals surface area contributed by atoms with E-state index >= 15 is 0 Å². The molecule has 0 fully saturated rings. The zero-order valence-electron chi connectivity index (χ0n) is 12.7. The molecule has 0 saturated heterocycles. The van der Waals surface area contributed by atoms with Crippen LogP contribution in [0.3, 0.4) is 0 Å². The Morgan fingerprint density at radius 3 is 2.62 bits per heavy atom. The monoisotopic (exact) mass is 287 g/mol. The van der Waals surface area contributed by atoms with Gasteiger partial charge in [-0.15, -0.1) is 0 Å². The van der Waals surface area contributed by atoms with Gasteiger partial charge in [0, 0.05) is 13.0 Å². The molecule has 0 bridgehead atoms. The first-order chi connectivity index (χ1) is 10.0. The second-order valence-electron chi connectivity index (χ2n) is 5.35. The number of hydrogen-bond acceptors (Lipinski definition) is 3. The fourth-order valence-corrected chi connectivity index (χ4v) is 2.79. The zero-order chi connectivity index (χ0) is 15.6. The maximum Gasteiger partial charge on any atom is 0.290 e. The Hall–Kier alpha value is -2.10. The number of aliphatic hydroxyl groups excluding tert-OH is 1. The molecule has 2 rings (SSSR count). The highest BCUT2D eigenvalue weighted by molar-refractivity contribution is 6.08. The zero-order valence-corrected chi connectivity index (χ0v) is 12.7. The van der Waals surface area contributed by atoms with Gasteiger partial charge in [0.2, 0.25) is 0 Å². The SMILES string of the molecule is CCCN1C(=O)C(O)=C(C(=O)CC)C1c1cccc(C)c1. The second kappa shape index (κ2) is 6.12. The van der Waals surface area contributed by atoms with Crippen LogP contribution in [-0.2, 0) is 9.59 Å². The number of nitrogens with zero attached hydrogens (tertiary/aromatic N) is 1. The third kappa shape index (κ3) is 2.71. The lowest BCUT2D eigenvalue weighted by molar-refractivity contribution is -0.129. The number of aryl methyl sites for hydroxylation is 1. The highest BCUT2D eigenvalue weighted by atomic mass is 16.3. The number of rotatable bonds is 5. The molecule has 1 N–H and O–H groups in total. The van der Waals surface area contributed by atoms with Crippen LogP contribution in [0.5, 0.6) is 0 Å². The molecule has 1 heterocycles. The van der Waals surface area contributed by atoms with Crippen molar-refractivity contribution in [2.45, 2.75) is 39.7 Å². The molecule has 1 aromatic rings. The van der Waals surface area contributed by atoms with Crippen molar-refractivity contribution in [3.8, 4) is 0 Å². The van der Waals surface area contributed by atoms with E-state index < -0.39 is 11.9 Å². The Bertz CT molecular complexity index is 604. The van der Waals surface area contributed by atoms with Gasteiger partial charge in [0.05, 0.1) is 11.6 Å². The predicted molar refractivity (Wildman–Crippen MR) is 80.9 cm³/mol. The smallest absolute Gasteiger partial charge is 0.290 e. The fraction of sp³-hybridized carbons (Fsp3) is 0.412. The van der Waals surface area contributed by atoms with E-state index in [9.17, 15) is 14.7 Å². The summed E-state index contributed by atoms with van der Waals surface area (Å²) in [6.45, 7) is 6.19. The van der Waals surface area contributed by atoms with Gasteiger partial charge in [0.1, 0.15) is 0 Å². The molecule has 0 aliphatic carbocycles. The van der Waals surface area contributed by atoms with Gasteiger partial charge in [0.15, 0.2) is 11.5 Å². The van der Waals surface area contributed by atoms with Gasteiger partial charge >= 0.3 is 0 Å². The average Bonchev–Trinajstić information content (AvgIpc) is 2.72. The molecular weight excluding hydrogens is 266 g/mol. The third-order valence-electron chi connectivity index (χ3n) is 3.75. The van der Waals surface area contributed by atoms with Crippen molar-refractivity contribution < 1.29 is 14.7 Å². The van der Waals surface area contributed by atoms with Crippen molar-refractivity contribution in [2.75, 3.05) is 6.54 Å². The lowest BCUT2D eigenvalue weighted by Gasteiger charge is -2.26. The van der Waals surface area contributed by atoms with Crippen LogP contribution in [0.25, 0.3) is 0 Å². The molecule has 21 heavy (non-hydrogen) atoms. The molecule has 1 atom stereocenters. The number of ketones is 1. The van der Waals surface area contributed by atoms with E-state index in [2.05, 4.69) is 0 Å². The molecule has 4 heteroatoms. The van der Waals surface area contributed by atoms with Gasteiger partial charge in [-0.2, -0.15) is 0 Å². The summed E-state index contributed by atoms with van der Waals surface area (Å²) in [6, 6.07) is 7.26. The van der Waals surface area contributed by atoms with E-state index in [0.717, 1.165) is 17.5 Å². The van der Waals surface area contributed by atoms with Crippen molar-refractivity contribution in [2.24, 2.45) is 0 Å². The van der Waals surface area contributed by atoms with Crippen LogP contribution in [0, 0.1) is 6.92 Å². The summed E-state index contributed by atoms with van der Waals surface area (Å²) in [4.78, 5) is 26.0. The second-order valence-corrected chi connectivity index (χ2v) is 5.35. The summed E-state index contributed by atoms with van der Waals surface area (Å²) in [7, 11) is 0. The fourth-order valence-electron chi connectivity index (χ4n) is 2.79. The summed E-state index contributed by atoms with van der Waals surface area (Å²) < 4.78 is 0. The summed E-state index contributed by atoms with van der Waals surface area (Å²) in [6.07, 6.45) is 1.05. The topological polar surface area (TPSA) is 57.6 Å². The first-order valence-corrected chi connectivity index (χ1v) is 7.35. The van der Waals surface area contributed by atoms with Crippen molar-refractivity contribution in [1.82, 2.24) is 4.90 Å². The Morgan fingerprint density at radius 2 is 2.05 bits per heavy atom. The number of benzene rings is 1. The van der Waals surface area contributed by atoms with E-state index in [0.29, 0.717) is 6.54 Å². The number of Topliss-reactive ketones (excluding diaryl/α,β-unsaturated/α-hetero) is 1. The van der Waals surface area contributed by atoms with Crippen molar-refractivity contribution in [3.05, 3.63) is 46.7 Å². The molecule has 1 aliphatic rings. The van der Waals surface area contributed by atoms with Crippen LogP contribution in [0.4, 0.5) is 0 Å². The maximum atomic E-state index is 12.3. The molecule has 112 valence electrons. The van der Waals surface area contributed by atoms with E-state index in [4.69, 9.17) is 0 Å². The quantitative estimate of drug-likeness (QED) is 0.905. The van der Waals surface area contributed by atoms with E-state index in [1.165, 1.54) is 0 Å². The van der Waals surface area contributed by atoms with E-state index in [1.54, 1.807) is 11.8 Å². The highest BCUT2D eigenvalue weighted by Gasteiger charge is 2.42. The van der Waals surface area contributed by atoms with E-state index in [-0.39, 0.29) is 23.5 Å². The molecule has 0 saturated carbocycles. The van der Waals surface area contributed by atoms with Crippen LogP contribution >= 0.6 is 0 Å². The number of amides is 1. The normalized spacial score (nSPS) is 18.5. The lowest BCUT2D eigenvalue weighted by atomic mass is 9.94. The Morgan fingerprint density at radius 1 is 1.33 bits per heavy atom. The number of aliphatic hydroxyl groups is 1. The Balaban J connectivity index is 2.54. The summed E-state index contributed by atoms with van der Waals surface area (Å²) in [5, 5.41) is 10.1. The minimum Gasteiger partial charge on any atom is -0.503 e. The molecule has 1 aromatic carbocycles. The van der Waals surface area contributed by atoms with E-state index in [1.807, 2.05) is 38.1 Å². The average molecular weight is 287 g/mol. The van der Waals surface area contributed by atoms with Gasteiger partial charge in [-0.25, -0.2) is 0 Å². The van der Waals surface area contributed by atoms with Crippen LogP contribution in [0.1, 0.15) is 43.9 Å². The first-order valence-electron chi connectivity index (χ1n) is 7.35. The van der Waals surface area contributed by atoms with Crippen molar-refractivity contribution >= 4 is 11.7 Å². The number of carbonyl (C=O) groups excluding carboxylic acids is 2. The molecular formula is C17H21NO3. The standard InChI is InChI=1S/C17H21NO3/c1-4-9-18-15(12-8-6-7-11(3)10-12)14(13(19)5-2)16(20)17(18)21/h6-8,10,15,20H,4-5,9H2,1-3H3. The highest BCUT2D eigenvalue weighted by Crippen LogP contribution is 2.38. The van der Waals surface area contributed by atoms with Gasteiger partial charge in [-0.05, 0) is 18.9 Å². The van der Waals surface area contributed by atoms with Gasteiger partial charge in [0.25, 0.3) is 5.91 Å². The molecule has 0 radical (unpaired) electrons. The molecule has 1 unspecified atom stereocenters. The number of carbonyl (C=O) groups is 2. The Kier molecular flexibility index (Phi) is 4.46. The molecule has 1 amide bonds. The molecule has 4 nitrogen and oxygen atoms in total. The summed E-state index contributed by atoms with van der Waals surface area (Å²) in [5.41, 5.74) is 2.17. The van der Waals surface area contributed by atoms with Crippen LogP contribution in [0.2, 0.25) is 0 Å². The van der Waals surface area contributed by atoms with Crippen molar-refractivity contribution in [1.29, 1.82) is 0 Å². The van der Waals surface area contributed by atoms with Gasteiger partial charge in [-0.3, -0.25) is 9.59 Å². The predicted octanol–water partition coefficient (Wildman–Crippen LogP) is 3.08. The minimum absolute atomic E-state index is 0.175. The lowest BCUT2D eigenvalue weighted by Crippen LogP contribution is -2.31. The van der Waals surface area contributed by atoms with Crippen molar-refractivity contribution in [3.63, 3.8) is 0 Å². The minimum atomic E-state index is -0.468. The van der Waals surface area contributed by atoms with Crippen LogP contribution in [-0.4, -0.2) is 28.2 Å². The van der Waals surface area contributed by atoms with Crippen LogP contribution in [0.15, 0.2) is 35.6 Å². The molecule has 0 aromatic heterocycles. The molecule has 1 aliphatic heterocycles. The summed E-state index contributed by atoms with van der Waals surface area (Å²) >= 11 is 0. The largest absolute Gasteiger partial charge is 0.503 e. The third-order valence-corrected chi connectivity index (χ3v) is 3.75. The Labute approximate surface area is 125 Å². The number of hydrogen-bond donors (Lipinski definition) is 1. The maximum absolute atomic E-state index is 12.3. The van der Waals surface area contributed by atoms with Gasteiger partial charge in [-0.1, -0.05) is 43.7 Å². The summed E-state index contributed by atoms with van der Waals surface area (Å²) in [5.74, 6) is -1.01. The van der Waals surface area contributed by atoms with Crippen LogP contribution < -0.4 is 0 Å².